The molecule has 49 heavy (non-hydrogen) atoms. The van der Waals surface area contributed by atoms with Gasteiger partial charge >= 0.3 is 12.0 Å². The molecule has 1 saturated heterocycles. The molecule has 5 N–H and O–H groups in total. The van der Waals surface area contributed by atoms with E-state index in [9.17, 15) is 37.5 Å². The summed E-state index contributed by atoms with van der Waals surface area (Å²) in [6, 6.07) is -5.96. The van der Waals surface area contributed by atoms with Gasteiger partial charge in [0.1, 0.15) is 23.7 Å². The van der Waals surface area contributed by atoms with Crippen molar-refractivity contribution < 1.29 is 42.3 Å². The molecule has 0 spiro atoms. The molecule has 0 aromatic heterocycles. The number of rotatable bonds is 12. The van der Waals surface area contributed by atoms with E-state index in [1.165, 1.54) is 4.90 Å². The van der Waals surface area contributed by atoms with Gasteiger partial charge in [0.15, 0.2) is 0 Å². The van der Waals surface area contributed by atoms with E-state index >= 15 is 0 Å². The maximum absolute atomic E-state index is 14.4. The maximum atomic E-state index is 14.4. The summed E-state index contributed by atoms with van der Waals surface area (Å²) in [5, 5.41) is 7.75. The van der Waals surface area contributed by atoms with Crippen LogP contribution in [0.2, 0.25) is 0 Å². The predicted molar refractivity (Wildman–Crippen MR) is 179 cm³/mol. The molecule has 0 bridgehead atoms. The van der Waals surface area contributed by atoms with Gasteiger partial charge in [0.05, 0.1) is 6.04 Å². The van der Waals surface area contributed by atoms with E-state index < -0.39 is 101 Å². The van der Waals surface area contributed by atoms with Crippen LogP contribution in [0.4, 0.5) is 13.6 Å². The molecule has 1 saturated carbocycles. The van der Waals surface area contributed by atoms with Gasteiger partial charge in [0, 0.05) is 24.8 Å². The van der Waals surface area contributed by atoms with E-state index in [0.717, 1.165) is 0 Å². The highest BCUT2D eigenvalue weighted by Crippen LogP contribution is 2.51. The number of nitrogens with one attached hydrogen (secondary N) is 3. The molecule has 276 valence electrons. The van der Waals surface area contributed by atoms with Crippen LogP contribution in [0.1, 0.15) is 95.4 Å². The number of halogens is 2. The van der Waals surface area contributed by atoms with Crippen LogP contribution in [0, 0.1) is 46.8 Å². The maximum Gasteiger partial charge on any atom is 0.329 e. The summed E-state index contributed by atoms with van der Waals surface area (Å²) >= 11 is 0. The minimum Gasteiger partial charge on any atom is -0.458 e. The molecule has 0 aromatic carbocycles. The SMILES string of the molecule is C#CC(C(C)C)[C@@H]1C[C@@H](C(=O)NC(CC2CC2(F)F)C(=O)C(N)=O)N(C(=O)[C@@H](NC(=O)N[C@H](C(=O)OC(C)(C)C)C(C)(C)C)C(C)(C)C)C1. The van der Waals surface area contributed by atoms with Crippen LogP contribution < -0.4 is 21.7 Å². The summed E-state index contributed by atoms with van der Waals surface area (Å²) in [6.07, 6.45) is 4.94. The third kappa shape index (κ3) is 11.1. The number of alkyl halides is 2. The van der Waals surface area contributed by atoms with Crippen molar-refractivity contribution in [1.82, 2.24) is 20.9 Å². The van der Waals surface area contributed by atoms with Crippen molar-refractivity contribution in [3.8, 4) is 12.3 Å². The summed E-state index contributed by atoms with van der Waals surface area (Å²) in [6.45, 7) is 19.3. The van der Waals surface area contributed by atoms with Crippen molar-refractivity contribution >= 4 is 35.5 Å². The minimum absolute atomic E-state index is 0.0253. The third-order valence-electron chi connectivity index (χ3n) is 8.86. The molecule has 2 rings (SSSR count). The number of urea groups is 1. The van der Waals surface area contributed by atoms with Gasteiger partial charge in [0.2, 0.25) is 17.6 Å². The second kappa shape index (κ2) is 15.0. The zero-order valence-electron chi connectivity index (χ0n) is 30.7. The Morgan fingerprint density at radius 1 is 0.939 bits per heavy atom. The lowest BCUT2D eigenvalue weighted by molar-refractivity contribution is -0.160. The second-order valence-electron chi connectivity index (χ2n) is 16.9. The van der Waals surface area contributed by atoms with Gasteiger partial charge in [-0.3, -0.25) is 19.2 Å². The van der Waals surface area contributed by atoms with E-state index in [-0.39, 0.29) is 30.7 Å². The van der Waals surface area contributed by atoms with Gasteiger partial charge in [0.25, 0.3) is 11.8 Å². The van der Waals surface area contributed by atoms with Crippen LogP contribution in [0.25, 0.3) is 0 Å². The van der Waals surface area contributed by atoms with Crippen LogP contribution in [0.3, 0.4) is 0 Å². The summed E-state index contributed by atoms with van der Waals surface area (Å²) in [5.74, 6) is -7.00. The minimum atomic E-state index is -3.03. The molecule has 0 radical (unpaired) electrons. The molecular formula is C35H55F2N5O7. The van der Waals surface area contributed by atoms with E-state index in [0.29, 0.717) is 0 Å². The highest BCUT2D eigenvalue weighted by Gasteiger charge is 2.58. The van der Waals surface area contributed by atoms with E-state index in [1.807, 2.05) is 13.8 Å². The van der Waals surface area contributed by atoms with Gasteiger partial charge in [-0.1, -0.05) is 55.4 Å². The number of hydrogen-bond acceptors (Lipinski definition) is 7. The van der Waals surface area contributed by atoms with Crippen LogP contribution in [-0.2, 0) is 28.7 Å². The number of likely N-dealkylation sites (tertiary alicyclic amines) is 1. The highest BCUT2D eigenvalue weighted by molar-refractivity contribution is 6.37. The number of esters is 1. The molecule has 1 heterocycles. The molecule has 7 atom stereocenters. The van der Waals surface area contributed by atoms with Gasteiger partial charge in [-0.15, -0.1) is 12.3 Å². The Labute approximate surface area is 288 Å². The zero-order valence-corrected chi connectivity index (χ0v) is 30.7. The van der Waals surface area contributed by atoms with Gasteiger partial charge in [-0.2, -0.15) is 0 Å². The number of nitrogens with zero attached hydrogens (tertiary/aromatic N) is 1. The van der Waals surface area contributed by atoms with Gasteiger partial charge < -0.3 is 31.3 Å². The number of primary amides is 1. The second-order valence-corrected chi connectivity index (χ2v) is 16.9. The molecule has 5 amide bonds. The van der Waals surface area contributed by atoms with Crippen molar-refractivity contribution in [1.29, 1.82) is 0 Å². The number of carbonyl (C=O) groups is 6. The summed E-state index contributed by atoms with van der Waals surface area (Å²) in [5.41, 5.74) is 2.67. The Bertz CT molecular complexity index is 1340. The third-order valence-corrected chi connectivity index (χ3v) is 8.86. The molecule has 2 fully saturated rings. The van der Waals surface area contributed by atoms with Crippen molar-refractivity contribution in [3.05, 3.63) is 0 Å². The van der Waals surface area contributed by atoms with Crippen LogP contribution in [-0.4, -0.2) is 82.6 Å². The number of Topliss-reactive ketones (excluding diaryl/α,β-unsaturated/α-hetero) is 1. The smallest absolute Gasteiger partial charge is 0.329 e. The number of ether oxygens (including phenoxy) is 1. The Kier molecular flexibility index (Phi) is 12.7. The van der Waals surface area contributed by atoms with Crippen LogP contribution in [0.5, 0.6) is 0 Å². The predicted octanol–water partition coefficient (Wildman–Crippen LogP) is 3.16. The monoisotopic (exact) mass is 695 g/mol. The molecular weight excluding hydrogens is 640 g/mol. The van der Waals surface area contributed by atoms with E-state index in [4.69, 9.17) is 16.9 Å². The van der Waals surface area contributed by atoms with Crippen molar-refractivity contribution in [2.75, 3.05) is 6.54 Å². The summed E-state index contributed by atoms with van der Waals surface area (Å²) in [7, 11) is 0. The molecule has 12 nitrogen and oxygen atoms in total. The van der Waals surface area contributed by atoms with Gasteiger partial charge in [-0.25, -0.2) is 18.4 Å². The highest BCUT2D eigenvalue weighted by atomic mass is 19.3. The fourth-order valence-electron chi connectivity index (χ4n) is 6.08. The number of hydrogen-bond donors (Lipinski definition) is 4. The molecule has 3 unspecified atom stereocenters. The topological polar surface area (TPSA) is 177 Å². The first-order chi connectivity index (χ1) is 22.1. The fourth-order valence-corrected chi connectivity index (χ4v) is 6.08. The summed E-state index contributed by atoms with van der Waals surface area (Å²) in [4.78, 5) is 80.4. The van der Waals surface area contributed by atoms with Crippen LogP contribution >= 0.6 is 0 Å². The molecule has 1 aliphatic carbocycles. The van der Waals surface area contributed by atoms with E-state index in [1.54, 1.807) is 62.3 Å². The first kappa shape index (κ1) is 41.4. The Hall–Kier alpha value is -3.76. The quantitative estimate of drug-likeness (QED) is 0.138. The van der Waals surface area contributed by atoms with Crippen molar-refractivity contribution in [2.45, 2.75) is 131 Å². The first-order valence-electron chi connectivity index (χ1n) is 16.7. The lowest BCUT2D eigenvalue weighted by Crippen LogP contribution is -2.62. The number of terminal acetylenes is 1. The van der Waals surface area contributed by atoms with Crippen molar-refractivity contribution in [2.24, 2.45) is 40.2 Å². The Balaban J connectivity index is 2.44. The number of nitrogens with two attached hydrogens (primary N) is 1. The van der Waals surface area contributed by atoms with E-state index in [2.05, 4.69) is 21.9 Å². The molecule has 2 aliphatic rings. The average molecular weight is 696 g/mol. The van der Waals surface area contributed by atoms with Crippen LogP contribution in [0.15, 0.2) is 0 Å². The lowest BCUT2D eigenvalue weighted by atomic mass is 9.82. The summed E-state index contributed by atoms with van der Waals surface area (Å²) < 4.78 is 33.1. The normalized spacial score (nSPS) is 23.0. The number of carbonyl (C=O) groups excluding carboxylic acids is 6. The molecule has 14 heteroatoms. The lowest BCUT2D eigenvalue weighted by Gasteiger charge is -2.37. The zero-order chi connectivity index (χ0) is 38.0. The Morgan fingerprint density at radius 3 is 1.86 bits per heavy atom. The van der Waals surface area contributed by atoms with Gasteiger partial charge in [-0.05, 0) is 56.3 Å². The molecule has 1 aliphatic heterocycles. The van der Waals surface area contributed by atoms with Crippen molar-refractivity contribution in [3.63, 3.8) is 0 Å². The number of ketones is 1. The molecule has 0 aromatic rings. The Morgan fingerprint density at radius 2 is 1.45 bits per heavy atom. The largest absolute Gasteiger partial charge is 0.458 e. The number of amides is 5. The standard InChI is InChI=1S/C35H55F2N5O7/c1-13-21(18(2)3)19-14-23(28(45)39-22(24(43)27(38)44)15-20-16-35(20,36)37)42(17-19)29(46)25(32(4,5)6)40-31(48)41-26(33(7,8)9)30(47)49-34(10,11)12/h1,18-23,25-26H,14-17H2,2-12H3,(H2,38,44)(H,39,45)(H2,40,41,48)/t19-,20?,21?,22?,23+,25-,26-/m1/s1. The fraction of sp³-hybridized carbons (Fsp3) is 0.771. The average Bonchev–Trinajstić information content (AvgIpc) is 3.30. The first-order valence-corrected chi connectivity index (χ1v) is 16.7.